The average molecular weight is 342 g/mol. The van der Waals surface area contributed by atoms with Crippen LogP contribution in [0.15, 0.2) is 48.5 Å². The van der Waals surface area contributed by atoms with Gasteiger partial charge in [0.2, 0.25) is 11.8 Å². The van der Waals surface area contributed by atoms with Crippen LogP contribution >= 0.6 is 11.6 Å². The molecule has 24 heavy (non-hydrogen) atoms. The van der Waals surface area contributed by atoms with E-state index in [4.69, 9.17) is 16.9 Å². The molecule has 1 N–H and O–H groups in total. The van der Waals surface area contributed by atoms with E-state index in [2.05, 4.69) is 5.32 Å². The van der Waals surface area contributed by atoms with Crippen molar-refractivity contribution in [2.24, 2.45) is 0 Å². The van der Waals surface area contributed by atoms with Crippen molar-refractivity contribution in [1.29, 1.82) is 5.26 Å². The maximum atomic E-state index is 12.0. The number of carbonyl (C=O) groups excluding carboxylic acids is 2. The highest BCUT2D eigenvalue weighted by atomic mass is 35.5. The number of carbonyl (C=O) groups is 2. The predicted octanol–water partition coefficient (Wildman–Crippen LogP) is 3.59. The van der Waals surface area contributed by atoms with Crippen molar-refractivity contribution in [2.45, 2.75) is 13.3 Å². The van der Waals surface area contributed by atoms with E-state index in [1.807, 2.05) is 6.07 Å². The van der Waals surface area contributed by atoms with Gasteiger partial charge in [0.05, 0.1) is 11.6 Å². The molecule has 6 heteroatoms. The van der Waals surface area contributed by atoms with Gasteiger partial charge in [-0.1, -0.05) is 17.7 Å². The van der Waals surface area contributed by atoms with Gasteiger partial charge in [0.15, 0.2) is 0 Å². The van der Waals surface area contributed by atoms with Crippen LogP contribution in [-0.2, 0) is 9.59 Å². The Bertz CT molecular complexity index is 782. The third-order valence-electron chi connectivity index (χ3n) is 3.36. The molecule has 0 atom stereocenters. The minimum atomic E-state index is -0.211. The summed E-state index contributed by atoms with van der Waals surface area (Å²) in [5, 5.41) is 12.1. The summed E-state index contributed by atoms with van der Waals surface area (Å²) >= 11 is 5.88. The molecule has 0 fully saturated rings. The number of anilines is 2. The lowest BCUT2D eigenvalue weighted by atomic mass is 10.2. The summed E-state index contributed by atoms with van der Waals surface area (Å²) in [6, 6.07) is 15.5. The lowest BCUT2D eigenvalue weighted by molar-refractivity contribution is -0.117. The maximum Gasteiger partial charge on any atom is 0.226 e. The Hall–Kier alpha value is -2.84. The highest BCUT2D eigenvalue weighted by Crippen LogP contribution is 2.17. The molecule has 0 saturated heterocycles. The second kappa shape index (κ2) is 8.14. The van der Waals surface area contributed by atoms with E-state index < -0.39 is 0 Å². The largest absolute Gasteiger partial charge is 0.326 e. The van der Waals surface area contributed by atoms with E-state index in [0.717, 1.165) is 0 Å². The van der Waals surface area contributed by atoms with Gasteiger partial charge in [-0.3, -0.25) is 9.59 Å². The molecule has 2 aromatic rings. The summed E-state index contributed by atoms with van der Waals surface area (Å²) in [7, 11) is 0. The molecule has 0 aliphatic carbocycles. The van der Waals surface area contributed by atoms with E-state index in [1.54, 1.807) is 48.5 Å². The molecule has 122 valence electrons. The number of halogens is 1. The molecule has 0 heterocycles. The Morgan fingerprint density at radius 2 is 1.92 bits per heavy atom. The summed E-state index contributed by atoms with van der Waals surface area (Å²) in [5.41, 5.74) is 1.78. The van der Waals surface area contributed by atoms with E-state index in [0.29, 0.717) is 22.0 Å². The summed E-state index contributed by atoms with van der Waals surface area (Å²) in [5.74, 6) is -0.382. The van der Waals surface area contributed by atoms with Gasteiger partial charge in [-0.15, -0.1) is 0 Å². The van der Waals surface area contributed by atoms with Crippen LogP contribution in [0.4, 0.5) is 11.4 Å². The maximum absolute atomic E-state index is 12.0. The van der Waals surface area contributed by atoms with Gasteiger partial charge in [0.1, 0.15) is 0 Å². The Kier molecular flexibility index (Phi) is 5.94. The molecule has 0 unspecified atom stereocenters. The van der Waals surface area contributed by atoms with Crippen molar-refractivity contribution in [3.63, 3.8) is 0 Å². The minimum absolute atomic E-state index is 0.145. The van der Waals surface area contributed by atoms with Crippen LogP contribution in [0.2, 0.25) is 5.02 Å². The summed E-state index contributed by atoms with van der Waals surface area (Å²) in [4.78, 5) is 25.4. The van der Waals surface area contributed by atoms with Gasteiger partial charge in [-0.05, 0) is 42.5 Å². The third-order valence-corrected chi connectivity index (χ3v) is 3.59. The molecule has 2 aromatic carbocycles. The smallest absolute Gasteiger partial charge is 0.226 e. The average Bonchev–Trinajstić information content (AvgIpc) is 2.55. The standard InChI is InChI=1S/C18H16ClN3O2/c1-13(23)22(17-7-5-14(12-20)6-8-17)10-9-18(24)21-16-4-2-3-15(19)11-16/h2-8,11H,9-10H2,1H3,(H,21,24). The van der Waals surface area contributed by atoms with Crippen molar-refractivity contribution in [1.82, 2.24) is 0 Å². The quantitative estimate of drug-likeness (QED) is 0.903. The fourth-order valence-corrected chi connectivity index (χ4v) is 2.38. The third kappa shape index (κ3) is 4.83. The minimum Gasteiger partial charge on any atom is -0.326 e. The molecule has 5 nitrogen and oxygen atoms in total. The van der Waals surface area contributed by atoms with Crippen LogP contribution in [0.1, 0.15) is 18.9 Å². The number of hydrogen-bond donors (Lipinski definition) is 1. The van der Waals surface area contributed by atoms with Gasteiger partial charge >= 0.3 is 0 Å². The van der Waals surface area contributed by atoms with Crippen molar-refractivity contribution < 1.29 is 9.59 Å². The number of benzene rings is 2. The van der Waals surface area contributed by atoms with Crippen LogP contribution in [0, 0.1) is 11.3 Å². The Morgan fingerprint density at radius 3 is 2.50 bits per heavy atom. The van der Waals surface area contributed by atoms with E-state index in [9.17, 15) is 9.59 Å². The SMILES string of the molecule is CC(=O)N(CCC(=O)Nc1cccc(Cl)c1)c1ccc(C#N)cc1. The zero-order valence-corrected chi connectivity index (χ0v) is 13.9. The molecule has 0 aliphatic rings. The molecule has 2 rings (SSSR count). The summed E-state index contributed by atoms with van der Waals surface area (Å²) in [6.45, 7) is 1.68. The van der Waals surface area contributed by atoms with E-state index >= 15 is 0 Å². The highest BCUT2D eigenvalue weighted by molar-refractivity contribution is 6.30. The van der Waals surface area contributed by atoms with E-state index in [1.165, 1.54) is 11.8 Å². The van der Waals surface area contributed by atoms with Crippen LogP contribution in [-0.4, -0.2) is 18.4 Å². The number of amides is 2. The fraction of sp³-hybridized carbons (Fsp3) is 0.167. The first-order valence-corrected chi connectivity index (χ1v) is 7.71. The molecular formula is C18H16ClN3O2. The van der Waals surface area contributed by atoms with Gasteiger partial charge in [-0.25, -0.2) is 0 Å². The van der Waals surface area contributed by atoms with Crippen LogP contribution in [0.5, 0.6) is 0 Å². The highest BCUT2D eigenvalue weighted by Gasteiger charge is 2.13. The lowest BCUT2D eigenvalue weighted by Gasteiger charge is -2.21. The van der Waals surface area contributed by atoms with Gasteiger partial charge in [-0.2, -0.15) is 5.26 Å². The number of nitrogens with one attached hydrogen (secondary N) is 1. The zero-order chi connectivity index (χ0) is 17.5. The van der Waals surface area contributed by atoms with Crippen LogP contribution in [0.25, 0.3) is 0 Å². The second-order valence-corrected chi connectivity index (χ2v) is 5.57. The lowest BCUT2D eigenvalue weighted by Crippen LogP contribution is -2.31. The summed E-state index contributed by atoms with van der Waals surface area (Å²) < 4.78 is 0. The first-order chi connectivity index (χ1) is 11.5. The van der Waals surface area contributed by atoms with Gasteiger partial charge < -0.3 is 10.2 Å². The molecule has 0 saturated carbocycles. The Labute approximate surface area is 145 Å². The zero-order valence-electron chi connectivity index (χ0n) is 13.1. The second-order valence-electron chi connectivity index (χ2n) is 5.14. The molecular weight excluding hydrogens is 326 g/mol. The van der Waals surface area contributed by atoms with Gasteiger partial charge in [0, 0.05) is 36.3 Å². The fourth-order valence-electron chi connectivity index (χ4n) is 2.19. The molecule has 0 aromatic heterocycles. The molecule has 0 bridgehead atoms. The number of nitrogens with zero attached hydrogens (tertiary/aromatic N) is 2. The Morgan fingerprint density at radius 1 is 1.21 bits per heavy atom. The van der Waals surface area contributed by atoms with E-state index in [-0.39, 0.29) is 24.8 Å². The molecule has 0 aliphatic heterocycles. The number of hydrogen-bond acceptors (Lipinski definition) is 3. The molecule has 2 amide bonds. The topological polar surface area (TPSA) is 73.2 Å². The van der Waals surface area contributed by atoms with Crippen molar-refractivity contribution in [3.05, 3.63) is 59.1 Å². The number of nitriles is 1. The van der Waals surface area contributed by atoms with Crippen molar-refractivity contribution in [3.8, 4) is 6.07 Å². The molecule has 0 radical (unpaired) electrons. The molecule has 0 spiro atoms. The Balaban J connectivity index is 1.99. The first kappa shape index (κ1) is 17.5. The summed E-state index contributed by atoms with van der Waals surface area (Å²) in [6.07, 6.45) is 0.145. The van der Waals surface area contributed by atoms with Crippen molar-refractivity contribution >= 4 is 34.8 Å². The normalized spacial score (nSPS) is 9.88. The van der Waals surface area contributed by atoms with Crippen LogP contribution in [0.3, 0.4) is 0 Å². The first-order valence-electron chi connectivity index (χ1n) is 7.33. The van der Waals surface area contributed by atoms with Crippen molar-refractivity contribution in [2.75, 3.05) is 16.8 Å². The predicted molar refractivity (Wildman–Crippen MR) is 93.9 cm³/mol. The van der Waals surface area contributed by atoms with Gasteiger partial charge in [0.25, 0.3) is 0 Å². The van der Waals surface area contributed by atoms with Crippen LogP contribution < -0.4 is 10.2 Å². The monoisotopic (exact) mass is 341 g/mol. The number of rotatable bonds is 5.